The van der Waals surface area contributed by atoms with E-state index in [1.54, 1.807) is 52.4 Å². The molecule has 1 aromatic heterocycles. The Bertz CT molecular complexity index is 1070. The molecule has 32 heavy (non-hydrogen) atoms. The molecule has 0 aliphatic carbocycles. The van der Waals surface area contributed by atoms with E-state index in [-0.39, 0.29) is 24.1 Å². The van der Waals surface area contributed by atoms with E-state index in [4.69, 9.17) is 4.74 Å². The minimum Gasteiger partial charge on any atom is -0.486 e. The van der Waals surface area contributed by atoms with Gasteiger partial charge >= 0.3 is 0 Å². The van der Waals surface area contributed by atoms with Crippen LogP contribution in [0.15, 0.2) is 60.9 Å². The molecule has 1 fully saturated rings. The molecule has 8 heteroatoms. The van der Waals surface area contributed by atoms with Gasteiger partial charge in [0.2, 0.25) is 5.91 Å². The fourth-order valence-electron chi connectivity index (χ4n) is 3.61. The number of hydrogen-bond acceptors (Lipinski definition) is 4. The largest absolute Gasteiger partial charge is 0.486 e. The average Bonchev–Trinajstić information content (AvgIpc) is 3.24. The van der Waals surface area contributed by atoms with Crippen molar-refractivity contribution in [1.82, 2.24) is 19.4 Å². The molecule has 0 unspecified atom stereocenters. The quantitative estimate of drug-likeness (QED) is 0.596. The van der Waals surface area contributed by atoms with Gasteiger partial charge in [-0.15, -0.1) is 0 Å². The second kappa shape index (κ2) is 9.64. The van der Waals surface area contributed by atoms with Gasteiger partial charge in [-0.1, -0.05) is 12.1 Å². The highest BCUT2D eigenvalue weighted by Crippen LogP contribution is 2.16. The van der Waals surface area contributed by atoms with Gasteiger partial charge in [0.1, 0.15) is 24.0 Å². The van der Waals surface area contributed by atoms with E-state index >= 15 is 0 Å². The Morgan fingerprint density at radius 3 is 2.25 bits per heavy atom. The third-order valence-electron chi connectivity index (χ3n) is 5.58. The third-order valence-corrected chi connectivity index (χ3v) is 5.58. The lowest BCUT2D eigenvalue weighted by Gasteiger charge is -2.35. The minimum atomic E-state index is -0.318. The van der Waals surface area contributed by atoms with Crippen molar-refractivity contribution in [3.8, 4) is 5.75 Å². The molecule has 1 aliphatic heterocycles. The fraction of sp³-hybridized carbons (Fsp3) is 0.292. The molecule has 2 amide bonds. The van der Waals surface area contributed by atoms with Gasteiger partial charge in [-0.2, -0.15) is 0 Å². The van der Waals surface area contributed by atoms with E-state index in [1.165, 1.54) is 12.1 Å². The third kappa shape index (κ3) is 5.14. The number of piperazine rings is 1. The summed E-state index contributed by atoms with van der Waals surface area (Å²) >= 11 is 0. The molecule has 3 aromatic rings. The molecular weight excluding hydrogens is 411 g/mol. The van der Waals surface area contributed by atoms with Gasteiger partial charge in [-0.25, -0.2) is 9.37 Å². The van der Waals surface area contributed by atoms with Crippen molar-refractivity contribution in [3.63, 3.8) is 0 Å². The molecular formula is C24H25FN4O3. The van der Waals surface area contributed by atoms with Gasteiger partial charge < -0.3 is 19.1 Å². The molecule has 0 N–H and O–H groups in total. The Hall–Kier alpha value is -3.68. The molecule has 0 atom stereocenters. The lowest BCUT2D eigenvalue weighted by molar-refractivity contribution is -0.131. The van der Waals surface area contributed by atoms with Crippen LogP contribution in [0.3, 0.4) is 0 Å². The van der Waals surface area contributed by atoms with Crippen molar-refractivity contribution in [1.29, 1.82) is 0 Å². The molecule has 1 aliphatic rings. The number of amides is 2. The summed E-state index contributed by atoms with van der Waals surface area (Å²) in [4.78, 5) is 33.1. The van der Waals surface area contributed by atoms with E-state index in [1.807, 2.05) is 17.8 Å². The van der Waals surface area contributed by atoms with Gasteiger partial charge in [0.25, 0.3) is 5.91 Å². The molecule has 2 heterocycles. The van der Waals surface area contributed by atoms with Gasteiger partial charge in [-0.05, 0) is 42.0 Å². The molecule has 0 spiro atoms. The van der Waals surface area contributed by atoms with Crippen LogP contribution >= 0.6 is 0 Å². The maximum Gasteiger partial charge on any atom is 0.253 e. The van der Waals surface area contributed by atoms with Gasteiger partial charge in [0.15, 0.2) is 0 Å². The number of hydrogen-bond donors (Lipinski definition) is 0. The molecule has 166 valence electrons. The van der Waals surface area contributed by atoms with Crippen LogP contribution in [0, 0.1) is 5.82 Å². The summed E-state index contributed by atoms with van der Waals surface area (Å²) in [6.45, 7) is 2.27. The van der Waals surface area contributed by atoms with Crippen LogP contribution < -0.4 is 4.74 Å². The van der Waals surface area contributed by atoms with Crippen LogP contribution in [-0.2, 0) is 24.9 Å². The summed E-state index contributed by atoms with van der Waals surface area (Å²) in [5, 5.41) is 0. The second-order valence-electron chi connectivity index (χ2n) is 7.74. The van der Waals surface area contributed by atoms with Gasteiger partial charge in [0, 0.05) is 51.2 Å². The minimum absolute atomic E-state index is 0.0158. The Kier molecular flexibility index (Phi) is 6.49. The molecule has 4 rings (SSSR count). The van der Waals surface area contributed by atoms with Crippen molar-refractivity contribution in [3.05, 3.63) is 83.7 Å². The number of benzene rings is 2. The van der Waals surface area contributed by atoms with Crippen LogP contribution in [0.5, 0.6) is 5.75 Å². The number of carbonyl (C=O) groups is 2. The van der Waals surface area contributed by atoms with Crippen molar-refractivity contribution in [2.45, 2.75) is 13.0 Å². The van der Waals surface area contributed by atoms with Crippen molar-refractivity contribution < 1.29 is 18.7 Å². The number of imidazole rings is 1. The number of carbonyl (C=O) groups excluding carboxylic acids is 2. The Labute approximate surface area is 186 Å². The normalized spacial score (nSPS) is 13.8. The first kappa shape index (κ1) is 21.5. The van der Waals surface area contributed by atoms with E-state index in [0.29, 0.717) is 44.1 Å². The highest BCUT2D eigenvalue weighted by molar-refractivity contribution is 5.94. The van der Waals surface area contributed by atoms with E-state index in [9.17, 15) is 14.0 Å². The maximum absolute atomic E-state index is 13.0. The Morgan fingerprint density at radius 2 is 1.62 bits per heavy atom. The summed E-state index contributed by atoms with van der Waals surface area (Å²) in [6, 6.07) is 13.0. The molecule has 7 nitrogen and oxygen atoms in total. The fourth-order valence-corrected chi connectivity index (χ4v) is 3.61. The summed E-state index contributed by atoms with van der Waals surface area (Å²) in [7, 11) is 1.91. The summed E-state index contributed by atoms with van der Waals surface area (Å²) in [5.41, 5.74) is 1.36. The number of nitrogens with zero attached hydrogens (tertiary/aromatic N) is 4. The maximum atomic E-state index is 13.0. The highest BCUT2D eigenvalue weighted by Gasteiger charge is 2.25. The van der Waals surface area contributed by atoms with Crippen LogP contribution in [0.1, 0.15) is 21.7 Å². The Morgan fingerprint density at radius 1 is 0.969 bits per heavy atom. The molecule has 0 bridgehead atoms. The van der Waals surface area contributed by atoms with E-state index < -0.39 is 0 Å². The second-order valence-corrected chi connectivity index (χ2v) is 7.74. The number of aryl methyl sites for hydroxylation is 1. The standard InChI is InChI=1S/C24H25FN4O3/c1-27-11-10-26-22(27)17-32-21-8-4-19(5-9-21)24(31)29-14-12-28(13-15-29)23(30)16-18-2-6-20(25)7-3-18/h2-11H,12-17H2,1H3. The monoisotopic (exact) mass is 436 g/mol. The first-order chi connectivity index (χ1) is 15.5. The van der Waals surface area contributed by atoms with Gasteiger partial charge in [0.05, 0.1) is 6.42 Å². The first-order valence-electron chi connectivity index (χ1n) is 10.5. The molecule has 0 radical (unpaired) electrons. The molecule has 2 aromatic carbocycles. The average molecular weight is 436 g/mol. The number of aromatic nitrogens is 2. The molecule has 1 saturated heterocycles. The summed E-state index contributed by atoms with van der Waals surface area (Å²) in [5.74, 6) is 1.09. The van der Waals surface area contributed by atoms with Crippen molar-refractivity contribution in [2.75, 3.05) is 26.2 Å². The predicted octanol–water partition coefficient (Wildman–Crippen LogP) is 2.67. The number of ether oxygens (including phenoxy) is 1. The van der Waals surface area contributed by atoms with Crippen molar-refractivity contribution >= 4 is 11.8 Å². The smallest absolute Gasteiger partial charge is 0.253 e. The first-order valence-corrected chi connectivity index (χ1v) is 10.5. The topological polar surface area (TPSA) is 67.7 Å². The predicted molar refractivity (Wildman–Crippen MR) is 117 cm³/mol. The van der Waals surface area contributed by atoms with Gasteiger partial charge in [-0.3, -0.25) is 9.59 Å². The van der Waals surface area contributed by atoms with Crippen LogP contribution in [0.4, 0.5) is 4.39 Å². The highest BCUT2D eigenvalue weighted by atomic mass is 19.1. The van der Waals surface area contributed by atoms with Crippen LogP contribution in [0.25, 0.3) is 0 Å². The van der Waals surface area contributed by atoms with Crippen LogP contribution in [0.2, 0.25) is 0 Å². The zero-order valence-electron chi connectivity index (χ0n) is 17.9. The summed E-state index contributed by atoms with van der Waals surface area (Å²) in [6.07, 6.45) is 3.81. The number of halogens is 1. The van der Waals surface area contributed by atoms with E-state index in [2.05, 4.69) is 4.98 Å². The SMILES string of the molecule is Cn1ccnc1COc1ccc(C(=O)N2CCN(C(=O)Cc3ccc(F)cc3)CC2)cc1. The lowest BCUT2D eigenvalue weighted by atomic mass is 10.1. The zero-order chi connectivity index (χ0) is 22.5. The Balaban J connectivity index is 1.27. The van der Waals surface area contributed by atoms with E-state index in [0.717, 1.165) is 11.4 Å². The zero-order valence-corrected chi connectivity index (χ0v) is 17.9. The number of rotatable bonds is 6. The van der Waals surface area contributed by atoms with Crippen molar-refractivity contribution in [2.24, 2.45) is 7.05 Å². The summed E-state index contributed by atoms with van der Waals surface area (Å²) < 4.78 is 20.7. The van der Waals surface area contributed by atoms with Crippen LogP contribution in [-0.4, -0.2) is 57.3 Å². The lowest BCUT2D eigenvalue weighted by Crippen LogP contribution is -2.51. The molecule has 0 saturated carbocycles.